The zero-order valence-corrected chi connectivity index (χ0v) is 7.28. The monoisotopic (exact) mass is 186 g/mol. The summed E-state index contributed by atoms with van der Waals surface area (Å²) in [5.41, 5.74) is 0.686. The first-order valence-electron chi connectivity index (χ1n) is 3.72. The fourth-order valence-corrected chi connectivity index (χ4v) is 1.13. The second-order valence-corrected chi connectivity index (χ2v) is 2.89. The first-order valence-corrected chi connectivity index (χ1v) is 4.26. The van der Waals surface area contributed by atoms with Crippen LogP contribution in [0, 0.1) is 0 Å². The molecule has 0 fully saturated rings. The zero-order chi connectivity index (χ0) is 8.97. The molecule has 3 heteroatoms. The van der Waals surface area contributed by atoms with Crippen LogP contribution in [0.15, 0.2) is 30.3 Å². The predicted molar refractivity (Wildman–Crippen MR) is 48.1 cm³/mol. The number of aliphatic hydroxyl groups excluding tert-OH is 2. The van der Waals surface area contributed by atoms with Crippen LogP contribution in [0.25, 0.3) is 0 Å². The molecule has 0 saturated carbocycles. The third-order valence-corrected chi connectivity index (χ3v) is 1.98. The quantitative estimate of drug-likeness (QED) is 0.700. The maximum Gasteiger partial charge on any atom is 0.106 e. The number of rotatable bonds is 3. The van der Waals surface area contributed by atoms with Gasteiger partial charge in [0.05, 0.1) is 12.0 Å². The minimum atomic E-state index is -0.894. The standard InChI is InChI=1S/C9H11ClO2/c10-6-8(11)9(12)7-4-2-1-3-5-7/h1-5,8-9,11-12H,6H2/t8-,9+/m0/s1. The van der Waals surface area contributed by atoms with Gasteiger partial charge in [0.15, 0.2) is 0 Å². The number of benzene rings is 1. The van der Waals surface area contributed by atoms with Crippen molar-refractivity contribution in [3.05, 3.63) is 35.9 Å². The second kappa shape index (κ2) is 4.45. The molecule has 12 heavy (non-hydrogen) atoms. The summed E-state index contributed by atoms with van der Waals surface area (Å²) in [5, 5.41) is 18.7. The van der Waals surface area contributed by atoms with Crippen LogP contribution in [0.4, 0.5) is 0 Å². The molecule has 2 nitrogen and oxygen atoms in total. The van der Waals surface area contributed by atoms with E-state index in [1.165, 1.54) is 0 Å². The lowest BCUT2D eigenvalue weighted by Crippen LogP contribution is -2.19. The van der Waals surface area contributed by atoms with Crippen molar-refractivity contribution >= 4 is 11.6 Å². The topological polar surface area (TPSA) is 40.5 Å². The smallest absolute Gasteiger partial charge is 0.106 e. The Morgan fingerprint density at radius 2 is 1.75 bits per heavy atom. The Kier molecular flexibility index (Phi) is 3.53. The van der Waals surface area contributed by atoms with Crippen molar-refractivity contribution in [2.24, 2.45) is 0 Å². The summed E-state index contributed by atoms with van der Waals surface area (Å²) in [5.74, 6) is 0.0378. The van der Waals surface area contributed by atoms with Gasteiger partial charge in [-0.25, -0.2) is 0 Å². The van der Waals surface area contributed by atoms with E-state index >= 15 is 0 Å². The minimum Gasteiger partial charge on any atom is -0.389 e. The van der Waals surface area contributed by atoms with Crippen LogP contribution < -0.4 is 0 Å². The largest absolute Gasteiger partial charge is 0.389 e. The van der Waals surface area contributed by atoms with E-state index < -0.39 is 12.2 Å². The molecule has 0 spiro atoms. The Hall–Kier alpha value is -0.570. The zero-order valence-electron chi connectivity index (χ0n) is 6.52. The summed E-state index contributed by atoms with van der Waals surface area (Å²) < 4.78 is 0. The third kappa shape index (κ3) is 2.21. The second-order valence-electron chi connectivity index (χ2n) is 2.58. The van der Waals surface area contributed by atoms with Gasteiger partial charge in [-0.3, -0.25) is 0 Å². The van der Waals surface area contributed by atoms with Crippen LogP contribution in [-0.2, 0) is 0 Å². The Balaban J connectivity index is 2.71. The normalized spacial score (nSPS) is 15.6. The Bertz CT molecular complexity index is 225. The maximum atomic E-state index is 9.45. The molecule has 0 aliphatic heterocycles. The van der Waals surface area contributed by atoms with E-state index in [4.69, 9.17) is 11.6 Å². The summed E-state index contributed by atoms with van der Waals surface area (Å²) in [4.78, 5) is 0. The molecule has 1 rings (SSSR count). The van der Waals surface area contributed by atoms with Gasteiger partial charge in [-0.2, -0.15) is 0 Å². The first kappa shape index (κ1) is 9.52. The van der Waals surface area contributed by atoms with Gasteiger partial charge in [0, 0.05) is 0 Å². The number of hydrogen-bond acceptors (Lipinski definition) is 2. The third-order valence-electron chi connectivity index (χ3n) is 1.66. The molecule has 0 bridgehead atoms. The summed E-state index contributed by atoms with van der Waals surface area (Å²) >= 11 is 5.39. The van der Waals surface area contributed by atoms with Crippen molar-refractivity contribution in [1.82, 2.24) is 0 Å². The van der Waals surface area contributed by atoms with E-state index in [2.05, 4.69) is 0 Å². The average molecular weight is 187 g/mol. The van der Waals surface area contributed by atoms with Crippen LogP contribution in [0.3, 0.4) is 0 Å². The minimum absolute atomic E-state index is 0.0378. The molecule has 0 heterocycles. The average Bonchev–Trinajstić information content (AvgIpc) is 2.17. The van der Waals surface area contributed by atoms with E-state index in [0.29, 0.717) is 5.56 Å². The number of hydrogen-bond donors (Lipinski definition) is 2. The SMILES string of the molecule is O[C@H](c1ccccc1)[C@@H](O)CCl. The van der Waals surface area contributed by atoms with Gasteiger partial charge >= 0.3 is 0 Å². The van der Waals surface area contributed by atoms with Crippen molar-refractivity contribution in [1.29, 1.82) is 0 Å². The number of aliphatic hydroxyl groups is 2. The lowest BCUT2D eigenvalue weighted by atomic mass is 10.1. The van der Waals surface area contributed by atoms with Crippen molar-refractivity contribution in [3.8, 4) is 0 Å². The van der Waals surface area contributed by atoms with E-state index in [1.54, 1.807) is 24.3 Å². The highest BCUT2D eigenvalue weighted by Gasteiger charge is 2.16. The highest BCUT2D eigenvalue weighted by atomic mass is 35.5. The molecule has 0 amide bonds. The molecule has 66 valence electrons. The molecule has 1 aromatic rings. The molecule has 2 N–H and O–H groups in total. The van der Waals surface area contributed by atoms with Gasteiger partial charge in [0.1, 0.15) is 6.10 Å². The van der Waals surface area contributed by atoms with Gasteiger partial charge in [-0.15, -0.1) is 11.6 Å². The molecule has 1 aromatic carbocycles. The van der Waals surface area contributed by atoms with Crippen LogP contribution in [0.1, 0.15) is 11.7 Å². The van der Waals surface area contributed by atoms with Crippen molar-refractivity contribution in [2.45, 2.75) is 12.2 Å². The Morgan fingerprint density at radius 1 is 1.17 bits per heavy atom. The van der Waals surface area contributed by atoms with E-state index in [0.717, 1.165) is 0 Å². The highest BCUT2D eigenvalue weighted by Crippen LogP contribution is 2.16. The summed E-state index contributed by atoms with van der Waals surface area (Å²) in [6.07, 6.45) is -1.78. The Morgan fingerprint density at radius 3 is 2.25 bits per heavy atom. The maximum absolute atomic E-state index is 9.45. The number of halogens is 1. The summed E-state index contributed by atoms with van der Waals surface area (Å²) in [6, 6.07) is 8.96. The summed E-state index contributed by atoms with van der Waals surface area (Å²) in [7, 11) is 0. The highest BCUT2D eigenvalue weighted by molar-refractivity contribution is 6.18. The molecule has 2 atom stereocenters. The van der Waals surface area contributed by atoms with Gasteiger partial charge in [0.2, 0.25) is 0 Å². The molecular weight excluding hydrogens is 176 g/mol. The van der Waals surface area contributed by atoms with Crippen LogP contribution in [0.2, 0.25) is 0 Å². The Labute approximate surface area is 76.4 Å². The van der Waals surface area contributed by atoms with E-state index in [-0.39, 0.29) is 5.88 Å². The van der Waals surface area contributed by atoms with Gasteiger partial charge in [-0.05, 0) is 5.56 Å². The first-order chi connectivity index (χ1) is 5.75. The molecule has 0 unspecified atom stereocenters. The fourth-order valence-electron chi connectivity index (χ4n) is 0.957. The van der Waals surface area contributed by atoms with Gasteiger partial charge in [0.25, 0.3) is 0 Å². The fraction of sp³-hybridized carbons (Fsp3) is 0.333. The lowest BCUT2D eigenvalue weighted by Gasteiger charge is -2.14. The lowest BCUT2D eigenvalue weighted by molar-refractivity contribution is 0.0327. The van der Waals surface area contributed by atoms with Crippen molar-refractivity contribution in [3.63, 3.8) is 0 Å². The molecule has 0 radical (unpaired) electrons. The molecule has 0 aliphatic rings. The predicted octanol–water partition coefficient (Wildman–Crippen LogP) is 1.32. The molecular formula is C9H11ClO2. The molecule has 0 saturated heterocycles. The van der Waals surface area contributed by atoms with Crippen LogP contribution >= 0.6 is 11.6 Å². The van der Waals surface area contributed by atoms with Gasteiger partial charge < -0.3 is 10.2 Å². The van der Waals surface area contributed by atoms with E-state index in [1.807, 2.05) is 6.07 Å². The van der Waals surface area contributed by atoms with Gasteiger partial charge in [-0.1, -0.05) is 30.3 Å². The van der Waals surface area contributed by atoms with Crippen molar-refractivity contribution in [2.75, 3.05) is 5.88 Å². The molecule has 0 aliphatic carbocycles. The number of alkyl halides is 1. The van der Waals surface area contributed by atoms with Crippen LogP contribution in [0.5, 0.6) is 0 Å². The molecule has 0 aromatic heterocycles. The van der Waals surface area contributed by atoms with Crippen LogP contribution in [-0.4, -0.2) is 22.2 Å². The summed E-state index contributed by atoms with van der Waals surface area (Å²) in [6.45, 7) is 0. The van der Waals surface area contributed by atoms with Crippen molar-refractivity contribution < 1.29 is 10.2 Å². The van der Waals surface area contributed by atoms with E-state index in [9.17, 15) is 10.2 Å².